The lowest BCUT2D eigenvalue weighted by Crippen LogP contribution is -2.28. The Morgan fingerprint density at radius 3 is 2.67 bits per heavy atom. The van der Waals surface area contributed by atoms with Gasteiger partial charge in [0.1, 0.15) is 12.4 Å². The van der Waals surface area contributed by atoms with Crippen molar-refractivity contribution in [3.63, 3.8) is 0 Å². The number of ether oxygens (including phenoxy) is 1. The van der Waals surface area contributed by atoms with E-state index < -0.39 is 10.0 Å². The number of nitrogen functional groups attached to an aromatic ring is 1. The average Bonchev–Trinajstić information content (AvgIpc) is 2.85. The van der Waals surface area contributed by atoms with Crippen molar-refractivity contribution >= 4 is 27.0 Å². The van der Waals surface area contributed by atoms with E-state index in [1.54, 1.807) is 24.3 Å². The molecule has 0 atom stereocenters. The van der Waals surface area contributed by atoms with Crippen LogP contribution in [0.2, 0.25) is 0 Å². The van der Waals surface area contributed by atoms with Gasteiger partial charge >= 0.3 is 0 Å². The van der Waals surface area contributed by atoms with E-state index in [9.17, 15) is 8.42 Å². The molecule has 114 valence electrons. The lowest BCUT2D eigenvalue weighted by atomic mass is 10.3. The number of benzene rings is 1. The van der Waals surface area contributed by atoms with Gasteiger partial charge in [0.2, 0.25) is 10.0 Å². The number of hydrogen-bond donors (Lipinski definition) is 2. The van der Waals surface area contributed by atoms with Gasteiger partial charge in [-0.3, -0.25) is 0 Å². The number of nitrogens with two attached hydrogens (primary N) is 1. The van der Waals surface area contributed by atoms with Crippen LogP contribution in [0.1, 0.15) is 10.7 Å². The van der Waals surface area contributed by atoms with Gasteiger partial charge in [-0.05, 0) is 31.2 Å². The normalized spacial score (nSPS) is 11.5. The van der Waals surface area contributed by atoms with Crippen LogP contribution >= 0.6 is 11.3 Å². The van der Waals surface area contributed by atoms with Crippen LogP contribution in [-0.4, -0.2) is 25.8 Å². The predicted molar refractivity (Wildman–Crippen MR) is 83.8 cm³/mol. The fourth-order valence-electron chi connectivity index (χ4n) is 1.58. The lowest BCUT2D eigenvalue weighted by Gasteiger charge is -2.08. The van der Waals surface area contributed by atoms with Crippen LogP contribution in [0.25, 0.3) is 0 Å². The maximum atomic E-state index is 11.8. The summed E-state index contributed by atoms with van der Waals surface area (Å²) in [5, 5.41) is 2.75. The van der Waals surface area contributed by atoms with Crippen LogP contribution in [0.15, 0.2) is 29.6 Å². The third-order valence-electron chi connectivity index (χ3n) is 2.64. The minimum absolute atomic E-state index is 0.0787. The van der Waals surface area contributed by atoms with Crippen LogP contribution in [0.4, 0.5) is 5.69 Å². The summed E-state index contributed by atoms with van der Waals surface area (Å²) in [6.45, 7) is 2.16. The van der Waals surface area contributed by atoms with E-state index in [1.807, 2.05) is 12.3 Å². The summed E-state index contributed by atoms with van der Waals surface area (Å²) < 4.78 is 31.5. The summed E-state index contributed by atoms with van der Waals surface area (Å²) in [5.74, 6) is 0.482. The molecule has 0 saturated heterocycles. The van der Waals surface area contributed by atoms with Crippen molar-refractivity contribution < 1.29 is 13.2 Å². The monoisotopic (exact) mass is 327 g/mol. The summed E-state index contributed by atoms with van der Waals surface area (Å²) in [6, 6.07) is 6.81. The van der Waals surface area contributed by atoms with Crippen LogP contribution < -0.4 is 15.2 Å². The Morgan fingerprint density at radius 2 is 2.05 bits per heavy atom. The summed E-state index contributed by atoms with van der Waals surface area (Å²) in [5.41, 5.74) is 6.91. The molecule has 1 heterocycles. The van der Waals surface area contributed by atoms with E-state index in [0.29, 0.717) is 11.4 Å². The molecule has 0 radical (unpaired) electrons. The van der Waals surface area contributed by atoms with Gasteiger partial charge in [-0.25, -0.2) is 18.1 Å². The molecule has 0 amide bonds. The molecule has 2 aromatic rings. The van der Waals surface area contributed by atoms with Gasteiger partial charge in [0, 0.05) is 11.1 Å². The number of anilines is 1. The van der Waals surface area contributed by atoms with E-state index in [2.05, 4.69) is 9.71 Å². The van der Waals surface area contributed by atoms with Crippen molar-refractivity contribution in [3.8, 4) is 5.75 Å². The molecule has 2 rings (SSSR count). The Morgan fingerprint density at radius 1 is 1.33 bits per heavy atom. The maximum absolute atomic E-state index is 11.8. The van der Waals surface area contributed by atoms with Gasteiger partial charge in [0.15, 0.2) is 0 Å². The minimum atomic E-state index is -3.38. The number of nitrogens with zero attached hydrogens (tertiary/aromatic N) is 1. The summed E-state index contributed by atoms with van der Waals surface area (Å²) in [4.78, 5) is 4.20. The zero-order valence-electron chi connectivity index (χ0n) is 11.6. The second-order valence-electron chi connectivity index (χ2n) is 4.42. The standard InChI is InChI=1S/C13H17N3O3S2/c1-10-16-12(9-20-10)8-15-21(17,18)7-6-19-13-4-2-11(14)3-5-13/h2-5,9,15H,6-8,14H2,1H3. The second-order valence-corrected chi connectivity index (χ2v) is 7.40. The molecule has 0 fully saturated rings. The number of rotatable bonds is 7. The molecule has 0 unspecified atom stereocenters. The van der Waals surface area contributed by atoms with Crippen molar-refractivity contribution in [1.82, 2.24) is 9.71 Å². The van der Waals surface area contributed by atoms with Gasteiger partial charge < -0.3 is 10.5 Å². The van der Waals surface area contributed by atoms with Gasteiger partial charge in [-0.15, -0.1) is 11.3 Å². The zero-order valence-corrected chi connectivity index (χ0v) is 13.2. The number of sulfonamides is 1. The third kappa shape index (κ3) is 5.33. The van der Waals surface area contributed by atoms with E-state index in [4.69, 9.17) is 10.5 Å². The molecule has 8 heteroatoms. The first-order chi connectivity index (χ1) is 9.94. The SMILES string of the molecule is Cc1nc(CNS(=O)(=O)CCOc2ccc(N)cc2)cs1. The molecule has 0 aliphatic rings. The Labute approximate surface area is 128 Å². The molecule has 0 spiro atoms. The molecule has 1 aromatic heterocycles. The number of hydrogen-bond acceptors (Lipinski definition) is 6. The molecular weight excluding hydrogens is 310 g/mol. The molecule has 0 saturated carbocycles. The highest BCUT2D eigenvalue weighted by Crippen LogP contribution is 2.13. The average molecular weight is 327 g/mol. The Hall–Kier alpha value is -1.64. The number of aryl methyl sites for hydroxylation is 1. The molecule has 0 aliphatic heterocycles. The van der Waals surface area contributed by atoms with Crippen LogP contribution in [0, 0.1) is 6.92 Å². The highest BCUT2D eigenvalue weighted by Gasteiger charge is 2.11. The van der Waals surface area contributed by atoms with Gasteiger partial charge in [-0.2, -0.15) is 0 Å². The molecular formula is C13H17N3O3S2. The Kier molecular flexibility index (Phi) is 5.16. The lowest BCUT2D eigenvalue weighted by molar-refractivity contribution is 0.340. The molecule has 0 aliphatic carbocycles. The predicted octanol–water partition coefficient (Wildman–Crippen LogP) is 1.53. The Bertz CT molecular complexity index is 681. The summed E-state index contributed by atoms with van der Waals surface area (Å²) >= 11 is 1.49. The van der Waals surface area contributed by atoms with Crippen molar-refractivity contribution in [3.05, 3.63) is 40.3 Å². The highest BCUT2D eigenvalue weighted by atomic mass is 32.2. The van der Waals surface area contributed by atoms with Crippen molar-refractivity contribution in [2.45, 2.75) is 13.5 Å². The number of aromatic nitrogens is 1. The topological polar surface area (TPSA) is 94.3 Å². The quantitative estimate of drug-likeness (QED) is 0.752. The van der Waals surface area contributed by atoms with Gasteiger partial charge in [0.05, 0.1) is 23.0 Å². The number of nitrogens with one attached hydrogen (secondary N) is 1. The zero-order chi connectivity index (χ0) is 15.3. The van der Waals surface area contributed by atoms with Crippen molar-refractivity contribution in [2.75, 3.05) is 18.1 Å². The first-order valence-electron chi connectivity index (χ1n) is 6.31. The Balaban J connectivity index is 1.77. The fourth-order valence-corrected chi connectivity index (χ4v) is 3.01. The van der Waals surface area contributed by atoms with Crippen molar-refractivity contribution in [1.29, 1.82) is 0 Å². The smallest absolute Gasteiger partial charge is 0.215 e. The molecule has 21 heavy (non-hydrogen) atoms. The molecule has 0 bridgehead atoms. The van der Waals surface area contributed by atoms with E-state index in [-0.39, 0.29) is 18.9 Å². The maximum Gasteiger partial charge on any atom is 0.215 e. The van der Waals surface area contributed by atoms with Gasteiger partial charge in [-0.1, -0.05) is 0 Å². The third-order valence-corrected chi connectivity index (χ3v) is 4.75. The second kappa shape index (κ2) is 6.88. The highest BCUT2D eigenvalue weighted by molar-refractivity contribution is 7.89. The first kappa shape index (κ1) is 15.7. The fraction of sp³-hybridized carbons (Fsp3) is 0.308. The van der Waals surface area contributed by atoms with Crippen LogP contribution in [0.3, 0.4) is 0 Å². The largest absolute Gasteiger partial charge is 0.492 e. The van der Waals surface area contributed by atoms with E-state index in [0.717, 1.165) is 10.7 Å². The number of thiazole rings is 1. The molecule has 1 aromatic carbocycles. The van der Waals surface area contributed by atoms with E-state index in [1.165, 1.54) is 11.3 Å². The van der Waals surface area contributed by atoms with E-state index >= 15 is 0 Å². The van der Waals surface area contributed by atoms with Crippen LogP contribution in [-0.2, 0) is 16.6 Å². The van der Waals surface area contributed by atoms with Crippen LogP contribution in [0.5, 0.6) is 5.75 Å². The molecule has 6 nitrogen and oxygen atoms in total. The van der Waals surface area contributed by atoms with Crippen molar-refractivity contribution in [2.24, 2.45) is 0 Å². The molecule has 3 N–H and O–H groups in total. The minimum Gasteiger partial charge on any atom is -0.492 e. The summed E-state index contributed by atoms with van der Waals surface area (Å²) in [7, 11) is -3.38. The van der Waals surface area contributed by atoms with Gasteiger partial charge in [0.25, 0.3) is 0 Å². The summed E-state index contributed by atoms with van der Waals surface area (Å²) in [6.07, 6.45) is 0. The first-order valence-corrected chi connectivity index (χ1v) is 8.84.